The van der Waals surface area contributed by atoms with Crippen molar-refractivity contribution in [3.8, 4) is 11.3 Å². The van der Waals surface area contributed by atoms with Gasteiger partial charge in [-0.1, -0.05) is 43.7 Å². The highest BCUT2D eigenvalue weighted by atomic mass is 16.5. The zero-order valence-electron chi connectivity index (χ0n) is 15.0. The van der Waals surface area contributed by atoms with Gasteiger partial charge in [0.2, 0.25) is 5.95 Å². The van der Waals surface area contributed by atoms with Crippen molar-refractivity contribution >= 4 is 12.2 Å². The Morgan fingerprint density at radius 3 is 2.25 bits per heavy atom. The average Bonchev–Trinajstić information content (AvgIpc) is 2.64. The molecule has 0 unspecified atom stereocenters. The summed E-state index contributed by atoms with van der Waals surface area (Å²) in [6, 6.07) is 8.23. The molecular formula is C19H26N4O. The van der Waals surface area contributed by atoms with E-state index < -0.39 is 0 Å². The molecule has 0 aliphatic carbocycles. The van der Waals surface area contributed by atoms with Gasteiger partial charge < -0.3 is 15.0 Å². The summed E-state index contributed by atoms with van der Waals surface area (Å²) in [5.74, 6) is 0.724. The Kier molecular flexibility index (Phi) is 6.44. The zero-order valence-corrected chi connectivity index (χ0v) is 15.0. The van der Waals surface area contributed by atoms with Gasteiger partial charge in [0.25, 0.3) is 0 Å². The van der Waals surface area contributed by atoms with Crippen molar-refractivity contribution in [2.24, 2.45) is 0 Å². The predicted molar refractivity (Wildman–Crippen MR) is 99.2 cm³/mol. The molecule has 0 spiro atoms. The molecule has 1 fully saturated rings. The van der Waals surface area contributed by atoms with Crippen molar-refractivity contribution in [3.63, 3.8) is 0 Å². The monoisotopic (exact) mass is 326 g/mol. The number of aryl methyl sites for hydroxylation is 2. The standard InChI is InChI=1S/C17H20N4O.C2H6/c1-12-3-5-14(6-4-12)16-15(11-18)13(2)19-17(20-16)21-7-9-22-10-8-21;1-2/h3-6,11,18H,7-10H2,1-2H3;1-2H3. The van der Waals surface area contributed by atoms with E-state index in [9.17, 15) is 0 Å². The minimum atomic E-state index is 0.703. The summed E-state index contributed by atoms with van der Waals surface area (Å²) in [5, 5.41) is 7.69. The molecule has 0 bridgehead atoms. The van der Waals surface area contributed by atoms with Crippen molar-refractivity contribution in [2.75, 3.05) is 31.2 Å². The Bertz CT molecular complexity index is 677. The first-order valence-corrected chi connectivity index (χ1v) is 8.48. The lowest BCUT2D eigenvalue weighted by Crippen LogP contribution is -2.37. The van der Waals surface area contributed by atoms with Gasteiger partial charge in [0.15, 0.2) is 0 Å². The molecule has 1 N–H and O–H groups in total. The normalized spacial score (nSPS) is 13.9. The highest BCUT2D eigenvalue weighted by Gasteiger charge is 2.18. The Hall–Kier alpha value is -2.27. The molecule has 0 atom stereocenters. The van der Waals surface area contributed by atoms with Crippen molar-refractivity contribution in [1.29, 1.82) is 5.41 Å². The van der Waals surface area contributed by atoms with Crippen molar-refractivity contribution < 1.29 is 4.74 Å². The molecule has 5 nitrogen and oxygen atoms in total. The number of hydrogen-bond donors (Lipinski definition) is 1. The van der Waals surface area contributed by atoms with E-state index in [4.69, 9.17) is 15.1 Å². The van der Waals surface area contributed by atoms with Gasteiger partial charge in [-0.3, -0.25) is 0 Å². The molecule has 2 heterocycles. The molecule has 1 aliphatic rings. The second kappa shape index (κ2) is 8.55. The largest absolute Gasteiger partial charge is 0.378 e. The van der Waals surface area contributed by atoms with Gasteiger partial charge in [-0.25, -0.2) is 9.97 Å². The van der Waals surface area contributed by atoms with Gasteiger partial charge in [0.05, 0.1) is 24.6 Å². The summed E-state index contributed by atoms with van der Waals surface area (Å²) < 4.78 is 5.39. The molecular weight excluding hydrogens is 300 g/mol. The molecule has 3 rings (SSSR count). The topological polar surface area (TPSA) is 62.1 Å². The number of anilines is 1. The second-order valence-corrected chi connectivity index (χ2v) is 5.48. The minimum Gasteiger partial charge on any atom is -0.378 e. The molecule has 24 heavy (non-hydrogen) atoms. The van der Waals surface area contributed by atoms with Gasteiger partial charge in [0, 0.05) is 30.4 Å². The SMILES string of the molecule is CC.Cc1ccc(-c2nc(N3CCOCC3)nc(C)c2C=N)cc1. The maximum atomic E-state index is 7.69. The van der Waals surface area contributed by atoms with Crippen LogP contribution in [0.4, 0.5) is 5.95 Å². The third kappa shape index (κ3) is 3.97. The molecule has 1 aromatic heterocycles. The smallest absolute Gasteiger partial charge is 0.226 e. The highest BCUT2D eigenvalue weighted by Crippen LogP contribution is 2.25. The highest BCUT2D eigenvalue weighted by molar-refractivity contribution is 5.88. The van der Waals surface area contributed by atoms with Crippen LogP contribution in [0.3, 0.4) is 0 Å². The van der Waals surface area contributed by atoms with E-state index in [0.717, 1.165) is 41.6 Å². The average molecular weight is 326 g/mol. The number of benzene rings is 1. The van der Waals surface area contributed by atoms with E-state index >= 15 is 0 Å². The van der Waals surface area contributed by atoms with Crippen LogP contribution in [-0.4, -0.2) is 42.5 Å². The van der Waals surface area contributed by atoms with Crippen LogP contribution in [0.2, 0.25) is 0 Å². The number of aromatic nitrogens is 2. The Labute approximate surface area is 144 Å². The lowest BCUT2D eigenvalue weighted by atomic mass is 10.0. The predicted octanol–water partition coefficient (Wildman–Crippen LogP) is 3.62. The molecule has 0 radical (unpaired) electrons. The second-order valence-electron chi connectivity index (χ2n) is 5.48. The number of nitrogens with one attached hydrogen (secondary N) is 1. The van der Waals surface area contributed by atoms with Crippen LogP contribution in [0.5, 0.6) is 0 Å². The van der Waals surface area contributed by atoms with Crippen LogP contribution >= 0.6 is 0 Å². The molecule has 128 valence electrons. The minimum absolute atomic E-state index is 0.703. The number of nitrogens with zero attached hydrogens (tertiary/aromatic N) is 3. The molecule has 5 heteroatoms. The fourth-order valence-electron chi connectivity index (χ4n) is 2.58. The van der Waals surface area contributed by atoms with Crippen LogP contribution in [0, 0.1) is 19.3 Å². The summed E-state index contributed by atoms with van der Waals surface area (Å²) in [6.07, 6.45) is 1.34. The van der Waals surface area contributed by atoms with Crippen molar-refractivity contribution in [1.82, 2.24) is 9.97 Å². The Balaban J connectivity index is 0.00000100. The third-order valence-electron chi connectivity index (χ3n) is 3.89. The van der Waals surface area contributed by atoms with Crippen LogP contribution < -0.4 is 4.90 Å². The van der Waals surface area contributed by atoms with E-state index in [1.54, 1.807) is 0 Å². The van der Waals surface area contributed by atoms with E-state index in [1.165, 1.54) is 11.8 Å². The first-order valence-electron chi connectivity index (χ1n) is 8.48. The van der Waals surface area contributed by atoms with Crippen LogP contribution in [-0.2, 0) is 4.74 Å². The molecule has 0 saturated carbocycles. The summed E-state index contributed by atoms with van der Waals surface area (Å²) in [7, 11) is 0. The van der Waals surface area contributed by atoms with Gasteiger partial charge in [-0.15, -0.1) is 0 Å². The van der Waals surface area contributed by atoms with Crippen molar-refractivity contribution in [2.45, 2.75) is 27.7 Å². The number of hydrogen-bond acceptors (Lipinski definition) is 5. The Morgan fingerprint density at radius 1 is 1.04 bits per heavy atom. The maximum absolute atomic E-state index is 7.69. The van der Waals surface area contributed by atoms with E-state index in [2.05, 4.69) is 28.9 Å². The molecule has 1 saturated heterocycles. The Morgan fingerprint density at radius 2 is 1.67 bits per heavy atom. The lowest BCUT2D eigenvalue weighted by molar-refractivity contribution is 0.122. The number of rotatable bonds is 3. The first kappa shape index (κ1) is 18.1. The molecule has 2 aromatic rings. The fourth-order valence-corrected chi connectivity index (χ4v) is 2.58. The van der Waals surface area contributed by atoms with E-state index in [1.807, 2.05) is 32.9 Å². The quantitative estimate of drug-likeness (QED) is 0.875. The molecule has 1 aromatic carbocycles. The summed E-state index contributed by atoms with van der Waals surface area (Å²) in [5.41, 5.74) is 4.66. The van der Waals surface area contributed by atoms with Crippen molar-refractivity contribution in [3.05, 3.63) is 41.1 Å². The van der Waals surface area contributed by atoms with E-state index in [-0.39, 0.29) is 0 Å². The van der Waals surface area contributed by atoms with Crippen LogP contribution in [0.1, 0.15) is 30.7 Å². The zero-order chi connectivity index (χ0) is 17.5. The van der Waals surface area contributed by atoms with Gasteiger partial charge >= 0.3 is 0 Å². The van der Waals surface area contributed by atoms with E-state index in [0.29, 0.717) is 13.2 Å². The summed E-state index contributed by atoms with van der Waals surface area (Å²) in [6.45, 7) is 11.0. The van der Waals surface area contributed by atoms with Gasteiger partial charge in [0.1, 0.15) is 0 Å². The van der Waals surface area contributed by atoms with Gasteiger partial charge in [-0.05, 0) is 13.8 Å². The molecule has 1 aliphatic heterocycles. The third-order valence-corrected chi connectivity index (χ3v) is 3.89. The molecule has 0 amide bonds. The lowest BCUT2D eigenvalue weighted by Gasteiger charge is -2.27. The number of morpholine rings is 1. The fraction of sp³-hybridized carbons (Fsp3) is 0.421. The summed E-state index contributed by atoms with van der Waals surface area (Å²) >= 11 is 0. The number of ether oxygens (including phenoxy) is 1. The maximum Gasteiger partial charge on any atom is 0.226 e. The first-order chi connectivity index (χ1) is 11.7. The van der Waals surface area contributed by atoms with Crippen LogP contribution in [0.15, 0.2) is 24.3 Å². The van der Waals surface area contributed by atoms with Gasteiger partial charge in [-0.2, -0.15) is 0 Å². The summed E-state index contributed by atoms with van der Waals surface area (Å²) in [4.78, 5) is 11.5. The van der Waals surface area contributed by atoms with Crippen LogP contribution in [0.25, 0.3) is 11.3 Å².